The second-order valence-corrected chi connectivity index (χ2v) is 15.8. The Bertz CT molecular complexity index is 2130. The lowest BCUT2D eigenvalue weighted by atomic mass is 9.97. The van der Waals surface area contributed by atoms with Crippen LogP contribution in [0.15, 0.2) is 66.9 Å². The molecular formula is C43H52FN5O9. The molecule has 1 unspecified atom stereocenters. The number of nitrogens with zero attached hydrogens (tertiary/aromatic N) is 3. The number of benzene rings is 3. The molecule has 310 valence electrons. The predicted molar refractivity (Wildman–Crippen MR) is 218 cm³/mol. The Morgan fingerprint density at radius 2 is 1.48 bits per heavy atom. The molecule has 4 aromatic rings. The van der Waals surface area contributed by atoms with E-state index in [2.05, 4.69) is 15.6 Å². The lowest BCUT2D eigenvalue weighted by Crippen LogP contribution is -2.44. The van der Waals surface area contributed by atoms with E-state index in [9.17, 15) is 24.0 Å². The normalized spacial score (nSPS) is 11.9. The van der Waals surface area contributed by atoms with Crippen LogP contribution in [0, 0.1) is 12.7 Å². The molecule has 4 rings (SSSR count). The molecule has 0 bridgehead atoms. The number of carbonyl (C=O) groups excluding carboxylic acids is 5. The van der Waals surface area contributed by atoms with E-state index >= 15 is 4.39 Å². The Morgan fingerprint density at radius 3 is 2.10 bits per heavy atom. The molecule has 0 aliphatic heterocycles. The van der Waals surface area contributed by atoms with Crippen molar-refractivity contribution in [2.75, 3.05) is 42.8 Å². The van der Waals surface area contributed by atoms with Gasteiger partial charge in [-0.2, -0.15) is 4.90 Å². The Morgan fingerprint density at radius 1 is 0.845 bits per heavy atom. The summed E-state index contributed by atoms with van der Waals surface area (Å²) in [4.78, 5) is 71.1. The highest BCUT2D eigenvalue weighted by atomic mass is 19.1. The number of methoxy groups -OCH3 is 1. The number of likely N-dealkylation sites (N-methyl/N-ethyl adjacent to an activating group) is 1. The number of imide groups is 1. The minimum Gasteiger partial charge on any atom is -0.469 e. The fraction of sp³-hybridized carbons (Fsp3) is 0.395. The zero-order chi connectivity index (χ0) is 42.9. The number of esters is 1. The van der Waals surface area contributed by atoms with Crippen molar-refractivity contribution in [3.8, 4) is 0 Å². The van der Waals surface area contributed by atoms with Crippen LogP contribution in [0.4, 0.5) is 36.0 Å². The Hall–Kier alpha value is -6.25. The van der Waals surface area contributed by atoms with Gasteiger partial charge in [-0.05, 0) is 101 Å². The summed E-state index contributed by atoms with van der Waals surface area (Å²) in [6.45, 7) is 13.8. The molecule has 0 radical (unpaired) electrons. The van der Waals surface area contributed by atoms with Gasteiger partial charge in [-0.1, -0.05) is 37.3 Å². The van der Waals surface area contributed by atoms with E-state index in [1.165, 1.54) is 24.1 Å². The molecule has 1 heterocycles. The highest BCUT2D eigenvalue weighted by molar-refractivity contribution is 6.14. The molecule has 0 aliphatic rings. The number of ether oxygens (including phenoxy) is 4. The third kappa shape index (κ3) is 12.4. The largest absolute Gasteiger partial charge is 0.469 e. The molecule has 1 aromatic heterocycles. The first-order valence-corrected chi connectivity index (χ1v) is 18.7. The van der Waals surface area contributed by atoms with Gasteiger partial charge in [0.05, 0.1) is 32.9 Å². The molecular weight excluding hydrogens is 749 g/mol. The van der Waals surface area contributed by atoms with Crippen molar-refractivity contribution in [3.63, 3.8) is 0 Å². The van der Waals surface area contributed by atoms with E-state index in [-0.39, 0.29) is 54.5 Å². The van der Waals surface area contributed by atoms with Crippen LogP contribution in [-0.4, -0.2) is 78.6 Å². The first-order valence-electron chi connectivity index (χ1n) is 18.7. The van der Waals surface area contributed by atoms with Crippen LogP contribution >= 0.6 is 0 Å². The van der Waals surface area contributed by atoms with E-state index < -0.39 is 41.3 Å². The number of anilines is 3. The van der Waals surface area contributed by atoms with Gasteiger partial charge in [0, 0.05) is 41.7 Å². The number of pyridine rings is 1. The third-order valence-electron chi connectivity index (χ3n) is 8.66. The van der Waals surface area contributed by atoms with E-state index in [4.69, 9.17) is 18.9 Å². The summed E-state index contributed by atoms with van der Waals surface area (Å²) in [5, 5.41) is 5.84. The first kappa shape index (κ1) is 44.5. The molecule has 15 heteroatoms. The van der Waals surface area contributed by atoms with Crippen molar-refractivity contribution >= 4 is 58.1 Å². The standard InChI is InChI=1S/C43H52FN5O9/c1-26-13-11-12-14-32(26)27(2)25-56-39(52)47-31-16-15-28(20-37(51)55-10)29(19-31)24-48(9)36(50)23-45-30-17-18-33-34(21-30)35(44)22-46-38(33)49(40(53)57-42(3,4)5)41(54)58-43(6,7)8/h11-19,21-22,27,45H,20,23-25H2,1-10H3,(H,47,52). The Labute approximate surface area is 338 Å². The monoisotopic (exact) mass is 801 g/mol. The van der Waals surface area contributed by atoms with E-state index in [1.807, 2.05) is 38.1 Å². The van der Waals surface area contributed by atoms with Gasteiger partial charge in [0.15, 0.2) is 5.82 Å². The Balaban J connectivity index is 1.49. The maximum absolute atomic E-state index is 15.3. The molecule has 0 saturated heterocycles. The van der Waals surface area contributed by atoms with Crippen molar-refractivity contribution in [2.24, 2.45) is 0 Å². The van der Waals surface area contributed by atoms with Crippen LogP contribution < -0.4 is 15.5 Å². The number of fused-ring (bicyclic) bond motifs is 1. The topological polar surface area (TPSA) is 166 Å². The van der Waals surface area contributed by atoms with Crippen molar-refractivity contribution in [1.82, 2.24) is 9.88 Å². The molecule has 14 nitrogen and oxygen atoms in total. The SMILES string of the molecule is COC(=O)Cc1ccc(NC(=O)OCC(C)c2ccccc2C)cc1CN(C)C(=O)CNc1ccc2c(N(C(=O)OC(C)(C)C)C(=O)OC(C)(C)C)ncc(F)c2c1. The lowest BCUT2D eigenvalue weighted by Gasteiger charge is -2.28. The summed E-state index contributed by atoms with van der Waals surface area (Å²) in [6, 6.07) is 17.3. The maximum Gasteiger partial charge on any atom is 0.425 e. The number of nitrogens with one attached hydrogen (secondary N) is 2. The minimum atomic E-state index is -1.06. The summed E-state index contributed by atoms with van der Waals surface area (Å²) in [7, 11) is 2.86. The van der Waals surface area contributed by atoms with Crippen LogP contribution in [-0.2, 0) is 41.5 Å². The molecule has 0 spiro atoms. The smallest absolute Gasteiger partial charge is 0.425 e. The molecule has 58 heavy (non-hydrogen) atoms. The third-order valence-corrected chi connectivity index (χ3v) is 8.66. The molecule has 0 saturated carbocycles. The van der Waals surface area contributed by atoms with Crippen molar-refractivity contribution in [2.45, 2.75) is 85.5 Å². The first-order chi connectivity index (χ1) is 27.1. The van der Waals surface area contributed by atoms with Gasteiger partial charge in [-0.3, -0.25) is 14.9 Å². The van der Waals surface area contributed by atoms with Crippen LogP contribution in [0.2, 0.25) is 0 Å². The van der Waals surface area contributed by atoms with Crippen LogP contribution in [0.25, 0.3) is 10.8 Å². The van der Waals surface area contributed by atoms with E-state index in [0.717, 1.165) is 17.3 Å². The minimum absolute atomic E-state index is 0.00727. The highest BCUT2D eigenvalue weighted by Crippen LogP contribution is 2.31. The van der Waals surface area contributed by atoms with Crippen LogP contribution in [0.3, 0.4) is 0 Å². The second kappa shape index (κ2) is 18.8. The van der Waals surface area contributed by atoms with Crippen LogP contribution in [0.1, 0.15) is 76.6 Å². The molecule has 1 atom stereocenters. The summed E-state index contributed by atoms with van der Waals surface area (Å²) < 4.78 is 36.6. The molecule has 4 amide bonds. The average Bonchev–Trinajstić information content (AvgIpc) is 3.13. The molecule has 0 aliphatic carbocycles. The lowest BCUT2D eigenvalue weighted by molar-refractivity contribution is -0.139. The fourth-order valence-corrected chi connectivity index (χ4v) is 5.84. The molecule has 0 fully saturated rings. The van der Waals surface area contributed by atoms with E-state index in [1.54, 1.807) is 72.9 Å². The second-order valence-electron chi connectivity index (χ2n) is 15.8. The predicted octanol–water partition coefficient (Wildman–Crippen LogP) is 8.50. The number of carbonyl (C=O) groups is 5. The molecule has 2 N–H and O–H groups in total. The van der Waals surface area contributed by atoms with Gasteiger partial charge < -0.3 is 29.2 Å². The van der Waals surface area contributed by atoms with Crippen LogP contribution in [0.5, 0.6) is 0 Å². The number of hydrogen-bond donors (Lipinski definition) is 2. The summed E-state index contributed by atoms with van der Waals surface area (Å²) in [6.07, 6.45) is -1.96. The van der Waals surface area contributed by atoms with Gasteiger partial charge in [0.25, 0.3) is 0 Å². The number of rotatable bonds is 12. The van der Waals surface area contributed by atoms with Crippen molar-refractivity contribution in [3.05, 3.63) is 94.9 Å². The van der Waals surface area contributed by atoms with E-state index in [0.29, 0.717) is 27.4 Å². The molecule has 3 aromatic carbocycles. The Kier molecular flexibility index (Phi) is 14.4. The van der Waals surface area contributed by atoms with Gasteiger partial charge in [0.1, 0.15) is 17.0 Å². The van der Waals surface area contributed by atoms with Crippen molar-refractivity contribution in [1.29, 1.82) is 0 Å². The summed E-state index contributed by atoms with van der Waals surface area (Å²) in [5.74, 6) is -1.81. The number of hydrogen-bond acceptors (Lipinski definition) is 11. The highest BCUT2D eigenvalue weighted by Gasteiger charge is 2.35. The summed E-state index contributed by atoms with van der Waals surface area (Å²) >= 11 is 0. The number of amides is 4. The number of halogens is 1. The number of aromatic nitrogens is 1. The zero-order valence-electron chi connectivity index (χ0n) is 34.7. The summed E-state index contributed by atoms with van der Waals surface area (Å²) in [5.41, 5.74) is 2.17. The fourth-order valence-electron chi connectivity index (χ4n) is 5.84. The maximum atomic E-state index is 15.3. The zero-order valence-corrected chi connectivity index (χ0v) is 34.7. The van der Waals surface area contributed by atoms with Gasteiger partial charge in [-0.25, -0.2) is 23.8 Å². The van der Waals surface area contributed by atoms with Gasteiger partial charge in [0.2, 0.25) is 5.91 Å². The van der Waals surface area contributed by atoms with Gasteiger partial charge in [-0.15, -0.1) is 0 Å². The quantitative estimate of drug-likeness (QED) is 0.104. The van der Waals surface area contributed by atoms with Gasteiger partial charge >= 0.3 is 24.2 Å². The number of aryl methyl sites for hydroxylation is 1. The average molecular weight is 802 g/mol. The van der Waals surface area contributed by atoms with Crippen molar-refractivity contribution < 1.29 is 47.3 Å².